The highest BCUT2D eigenvalue weighted by molar-refractivity contribution is 6.04. The lowest BCUT2D eigenvalue weighted by Gasteiger charge is -2.42. The molecule has 1 saturated heterocycles. The van der Waals surface area contributed by atoms with Gasteiger partial charge in [0.2, 0.25) is 5.91 Å². The lowest BCUT2D eigenvalue weighted by atomic mass is 9.84. The average Bonchev–Trinajstić information content (AvgIpc) is 3.75. The molecule has 2 aliphatic heterocycles. The van der Waals surface area contributed by atoms with Crippen LogP contribution in [0.5, 0.6) is 5.75 Å². The van der Waals surface area contributed by atoms with Crippen LogP contribution in [-0.2, 0) is 28.6 Å². The number of piperidine rings is 1. The molecule has 0 spiro atoms. The van der Waals surface area contributed by atoms with E-state index >= 15 is 0 Å². The van der Waals surface area contributed by atoms with Crippen molar-refractivity contribution in [1.29, 1.82) is 0 Å². The van der Waals surface area contributed by atoms with Crippen molar-refractivity contribution in [2.24, 2.45) is 11.8 Å². The fourth-order valence-corrected chi connectivity index (χ4v) is 5.44. The van der Waals surface area contributed by atoms with Crippen LogP contribution in [0.15, 0.2) is 18.2 Å². The molecule has 1 N–H and O–H groups in total. The molecule has 4 rings (SSSR count). The summed E-state index contributed by atoms with van der Waals surface area (Å²) in [7, 11) is 2.80. The minimum atomic E-state index is -1.38. The van der Waals surface area contributed by atoms with Gasteiger partial charge >= 0.3 is 12.1 Å². The number of hydrogen-bond acceptors (Lipinski definition) is 9. The number of carbonyl (C=O) groups is 4. The van der Waals surface area contributed by atoms with Crippen molar-refractivity contribution < 1.29 is 43.2 Å². The summed E-state index contributed by atoms with van der Waals surface area (Å²) in [5.41, 5.74) is -0.781. The van der Waals surface area contributed by atoms with Crippen LogP contribution in [-0.4, -0.2) is 97.7 Å². The molecule has 3 atom stereocenters. The number of likely N-dealkylation sites (tertiary alicyclic amines) is 1. The third-order valence-corrected chi connectivity index (χ3v) is 7.65. The number of fused-ring (bicyclic) bond motifs is 1. The fraction of sp³-hybridized carbons (Fsp3) is 0.667. The van der Waals surface area contributed by atoms with E-state index in [9.17, 15) is 24.3 Å². The maximum atomic E-state index is 14.2. The van der Waals surface area contributed by atoms with Crippen molar-refractivity contribution in [3.8, 4) is 5.75 Å². The van der Waals surface area contributed by atoms with Crippen LogP contribution >= 0.6 is 0 Å². The number of anilines is 2. The zero-order chi connectivity index (χ0) is 31.0. The molecule has 1 aromatic rings. The van der Waals surface area contributed by atoms with E-state index in [-0.39, 0.29) is 25.0 Å². The van der Waals surface area contributed by atoms with Crippen LogP contribution < -0.4 is 14.5 Å². The van der Waals surface area contributed by atoms with E-state index in [1.54, 1.807) is 69.7 Å². The first kappa shape index (κ1) is 31.6. The van der Waals surface area contributed by atoms with Gasteiger partial charge < -0.3 is 38.8 Å². The summed E-state index contributed by atoms with van der Waals surface area (Å²) in [6.07, 6.45) is 0.0531. The number of methoxy groups -OCH3 is 2. The summed E-state index contributed by atoms with van der Waals surface area (Å²) in [6.45, 7) is 9.22. The van der Waals surface area contributed by atoms with Gasteiger partial charge in [0.15, 0.2) is 5.60 Å². The van der Waals surface area contributed by atoms with E-state index < -0.39 is 47.1 Å². The first-order valence-corrected chi connectivity index (χ1v) is 14.4. The molecule has 0 radical (unpaired) electrons. The third-order valence-electron chi connectivity index (χ3n) is 7.65. The summed E-state index contributed by atoms with van der Waals surface area (Å²) in [5.74, 6) is -3.07. The van der Waals surface area contributed by atoms with Gasteiger partial charge in [0.1, 0.15) is 17.3 Å². The molecule has 3 aliphatic rings. The van der Waals surface area contributed by atoms with Crippen LogP contribution in [0.1, 0.15) is 53.9 Å². The van der Waals surface area contributed by atoms with Gasteiger partial charge in [-0.25, -0.2) is 4.79 Å². The van der Waals surface area contributed by atoms with Gasteiger partial charge in [-0.05, 0) is 72.1 Å². The fourth-order valence-electron chi connectivity index (χ4n) is 5.44. The molecule has 1 aromatic carbocycles. The Kier molecular flexibility index (Phi) is 9.08. The quantitative estimate of drug-likeness (QED) is 0.359. The van der Waals surface area contributed by atoms with E-state index in [0.717, 1.165) is 12.8 Å². The zero-order valence-electron chi connectivity index (χ0n) is 25.5. The molecule has 0 unspecified atom stereocenters. The second-order valence-electron chi connectivity index (χ2n) is 12.6. The van der Waals surface area contributed by atoms with Crippen molar-refractivity contribution in [3.05, 3.63) is 18.2 Å². The minimum Gasteiger partial charge on any atom is -0.476 e. The van der Waals surface area contributed by atoms with E-state index in [1.807, 2.05) is 0 Å². The Bertz CT molecular complexity index is 1210. The summed E-state index contributed by atoms with van der Waals surface area (Å²) < 4.78 is 21.6. The molecule has 232 valence electrons. The standard InChI is InChI=1S/C30H43N3O9/c1-29(2,3)42-28(38)31-16-20(24(34)21(17-31)26(36)40-7)25(35)33(18-9-10-18)19-11-12-23-22(15-19)32(13-8-14-39-6)27(37)30(4,5)41-23/h11-12,15,18,20-21,24,34H,8-10,13-14,16-17H2,1-7H3/t20-,21+,24-/m0/s1. The summed E-state index contributed by atoms with van der Waals surface area (Å²) in [5, 5.41) is 11.3. The number of nitrogens with zero attached hydrogens (tertiary/aromatic N) is 3. The molecule has 0 aromatic heterocycles. The smallest absolute Gasteiger partial charge is 0.410 e. The predicted octanol–water partition coefficient (Wildman–Crippen LogP) is 2.74. The number of carbonyl (C=O) groups excluding carboxylic acids is 4. The van der Waals surface area contributed by atoms with Gasteiger partial charge in [-0.3, -0.25) is 14.4 Å². The molecule has 42 heavy (non-hydrogen) atoms. The van der Waals surface area contributed by atoms with Crippen LogP contribution in [0.3, 0.4) is 0 Å². The average molecular weight is 590 g/mol. The van der Waals surface area contributed by atoms with Gasteiger partial charge in [-0.1, -0.05) is 0 Å². The molecule has 1 saturated carbocycles. The largest absolute Gasteiger partial charge is 0.476 e. The topological polar surface area (TPSA) is 135 Å². The highest BCUT2D eigenvalue weighted by atomic mass is 16.6. The molecule has 2 fully saturated rings. The Labute approximate surface area is 246 Å². The summed E-state index contributed by atoms with van der Waals surface area (Å²) in [6, 6.07) is 5.12. The van der Waals surface area contributed by atoms with Crippen molar-refractivity contribution in [2.75, 3.05) is 50.3 Å². The number of benzene rings is 1. The molecular formula is C30H43N3O9. The highest BCUT2D eigenvalue weighted by Gasteiger charge is 2.49. The number of ether oxygens (including phenoxy) is 4. The molecule has 12 nitrogen and oxygen atoms in total. The molecule has 12 heteroatoms. The highest BCUT2D eigenvalue weighted by Crippen LogP contribution is 2.43. The lowest BCUT2D eigenvalue weighted by molar-refractivity contribution is -0.156. The molecule has 0 bridgehead atoms. The van der Waals surface area contributed by atoms with Gasteiger partial charge in [-0.2, -0.15) is 0 Å². The molecule has 3 amide bonds. The maximum Gasteiger partial charge on any atom is 0.410 e. The van der Waals surface area contributed by atoms with Gasteiger partial charge in [0, 0.05) is 45.1 Å². The maximum absolute atomic E-state index is 14.2. The number of aliphatic hydroxyl groups excluding tert-OH is 1. The van der Waals surface area contributed by atoms with Crippen molar-refractivity contribution in [2.45, 2.75) is 77.2 Å². The number of rotatable bonds is 8. The lowest BCUT2D eigenvalue weighted by Crippen LogP contribution is -2.59. The van der Waals surface area contributed by atoms with Crippen molar-refractivity contribution >= 4 is 35.3 Å². The van der Waals surface area contributed by atoms with Crippen LogP contribution in [0.2, 0.25) is 0 Å². The van der Waals surface area contributed by atoms with Gasteiger partial charge in [0.05, 0.1) is 24.8 Å². The Morgan fingerprint density at radius 2 is 1.79 bits per heavy atom. The Morgan fingerprint density at radius 3 is 2.38 bits per heavy atom. The van der Waals surface area contributed by atoms with Crippen molar-refractivity contribution in [1.82, 2.24) is 4.90 Å². The van der Waals surface area contributed by atoms with Gasteiger partial charge in [0.25, 0.3) is 5.91 Å². The Morgan fingerprint density at radius 1 is 1.12 bits per heavy atom. The summed E-state index contributed by atoms with van der Waals surface area (Å²) >= 11 is 0. The Balaban J connectivity index is 1.68. The normalized spacial score (nSPS) is 23.5. The monoisotopic (exact) mass is 589 g/mol. The molecular weight excluding hydrogens is 546 g/mol. The minimum absolute atomic E-state index is 0.129. The molecule has 2 heterocycles. The summed E-state index contributed by atoms with van der Waals surface area (Å²) in [4.78, 5) is 57.8. The van der Waals surface area contributed by atoms with Crippen LogP contribution in [0, 0.1) is 11.8 Å². The van der Waals surface area contributed by atoms with E-state index in [1.165, 1.54) is 12.0 Å². The predicted molar refractivity (Wildman–Crippen MR) is 153 cm³/mol. The number of esters is 1. The third kappa shape index (κ3) is 6.64. The van der Waals surface area contributed by atoms with Crippen LogP contribution in [0.4, 0.5) is 16.2 Å². The SMILES string of the molecule is COCCCN1C(=O)C(C)(C)Oc2ccc(N(C(=O)[C@H]3CN(C(=O)OC(C)(C)C)C[C@@H](C(=O)OC)[C@H]3O)C3CC3)cc21. The van der Waals surface area contributed by atoms with Crippen molar-refractivity contribution in [3.63, 3.8) is 0 Å². The second kappa shape index (κ2) is 12.1. The Hall–Kier alpha value is -3.38. The first-order valence-electron chi connectivity index (χ1n) is 14.4. The van der Waals surface area contributed by atoms with Crippen LogP contribution in [0.25, 0.3) is 0 Å². The first-order chi connectivity index (χ1) is 19.7. The van der Waals surface area contributed by atoms with E-state index in [2.05, 4.69) is 0 Å². The van der Waals surface area contributed by atoms with Gasteiger partial charge in [-0.15, -0.1) is 0 Å². The van der Waals surface area contributed by atoms with E-state index in [0.29, 0.717) is 36.7 Å². The van der Waals surface area contributed by atoms with E-state index in [4.69, 9.17) is 18.9 Å². The number of amides is 3. The number of hydrogen-bond donors (Lipinski definition) is 1. The number of aliphatic hydroxyl groups is 1. The zero-order valence-corrected chi connectivity index (χ0v) is 25.5. The second-order valence-corrected chi connectivity index (χ2v) is 12.6. The molecule has 1 aliphatic carbocycles.